The molecule has 1 aliphatic rings. The summed E-state index contributed by atoms with van der Waals surface area (Å²) in [5, 5.41) is 12.0. The maximum atomic E-state index is 12.5. The number of hydrogen-bond donors (Lipinski definition) is 1. The van der Waals surface area contributed by atoms with Crippen LogP contribution in [0.1, 0.15) is 36.4 Å². The molecule has 2 heterocycles. The summed E-state index contributed by atoms with van der Waals surface area (Å²) in [6, 6.07) is 1.68. The van der Waals surface area contributed by atoms with Gasteiger partial charge in [-0.25, -0.2) is 0 Å². The molecule has 0 aliphatic carbocycles. The smallest absolute Gasteiger partial charge is 0.268 e. The number of nitrogens with zero attached hydrogens (tertiary/aromatic N) is 1. The third-order valence-electron chi connectivity index (χ3n) is 3.37. The first kappa shape index (κ1) is 13.4. The van der Waals surface area contributed by atoms with Gasteiger partial charge < -0.3 is 14.7 Å². The van der Waals surface area contributed by atoms with Crippen LogP contribution in [0.15, 0.2) is 11.4 Å². The molecular formula is C13H19NO3S. The highest BCUT2D eigenvalue weighted by Gasteiger charge is 2.39. The van der Waals surface area contributed by atoms with Gasteiger partial charge in [0, 0.05) is 6.54 Å². The van der Waals surface area contributed by atoms with Gasteiger partial charge in [-0.05, 0) is 38.1 Å². The van der Waals surface area contributed by atoms with Crippen molar-refractivity contribution in [2.45, 2.75) is 38.3 Å². The van der Waals surface area contributed by atoms with Crippen LogP contribution in [0.3, 0.4) is 0 Å². The first-order valence-electron chi connectivity index (χ1n) is 6.10. The van der Waals surface area contributed by atoms with Crippen LogP contribution in [0.25, 0.3) is 0 Å². The van der Waals surface area contributed by atoms with Crippen molar-refractivity contribution in [1.29, 1.82) is 0 Å². The average molecular weight is 269 g/mol. The average Bonchev–Trinajstić information content (AvgIpc) is 2.95. The van der Waals surface area contributed by atoms with Crippen molar-refractivity contribution in [3.8, 4) is 5.75 Å². The second-order valence-corrected chi connectivity index (χ2v) is 6.04. The fourth-order valence-electron chi connectivity index (χ4n) is 2.49. The summed E-state index contributed by atoms with van der Waals surface area (Å²) < 4.78 is 5.19. The molecule has 100 valence electrons. The first-order valence-corrected chi connectivity index (χ1v) is 6.98. The molecule has 5 heteroatoms. The van der Waals surface area contributed by atoms with E-state index in [2.05, 4.69) is 0 Å². The van der Waals surface area contributed by atoms with E-state index in [1.54, 1.807) is 31.9 Å². The molecular weight excluding hydrogens is 250 g/mol. The van der Waals surface area contributed by atoms with Gasteiger partial charge in [0.1, 0.15) is 10.6 Å². The lowest BCUT2D eigenvalue weighted by atomic mass is 9.96. The normalized spacial score (nSPS) is 20.2. The van der Waals surface area contributed by atoms with Crippen molar-refractivity contribution in [2.24, 2.45) is 0 Å². The molecule has 0 bridgehead atoms. The fraction of sp³-hybridized carbons (Fsp3) is 0.615. The summed E-state index contributed by atoms with van der Waals surface area (Å²) in [4.78, 5) is 14.9. The van der Waals surface area contributed by atoms with Crippen LogP contribution in [-0.2, 0) is 0 Å². The maximum Gasteiger partial charge on any atom is 0.268 e. The standard InChI is InChI=1S/C13H19NO3S/c1-13(2,16)10-5-4-7-14(10)12(15)11-9(17-3)6-8-18-11/h6,8,10,16H,4-5,7H2,1-3H3. The number of aliphatic hydroxyl groups is 1. The zero-order chi connectivity index (χ0) is 13.3. The van der Waals surface area contributed by atoms with Crippen LogP contribution in [-0.4, -0.2) is 41.2 Å². The predicted octanol–water partition coefficient (Wildman–Crippen LogP) is 2.13. The van der Waals surface area contributed by atoms with Gasteiger partial charge in [-0.2, -0.15) is 0 Å². The van der Waals surface area contributed by atoms with Crippen LogP contribution in [0.5, 0.6) is 5.75 Å². The number of likely N-dealkylation sites (tertiary alicyclic amines) is 1. The van der Waals surface area contributed by atoms with E-state index >= 15 is 0 Å². The summed E-state index contributed by atoms with van der Waals surface area (Å²) in [7, 11) is 1.57. The minimum Gasteiger partial charge on any atom is -0.495 e. The quantitative estimate of drug-likeness (QED) is 0.914. The molecule has 1 aliphatic heterocycles. The Hall–Kier alpha value is -1.07. The van der Waals surface area contributed by atoms with E-state index < -0.39 is 5.60 Å². The van der Waals surface area contributed by atoms with Crippen molar-refractivity contribution < 1.29 is 14.6 Å². The lowest BCUT2D eigenvalue weighted by Crippen LogP contribution is -2.48. The molecule has 0 aromatic carbocycles. The summed E-state index contributed by atoms with van der Waals surface area (Å²) in [6.45, 7) is 4.22. The van der Waals surface area contributed by atoms with E-state index in [0.29, 0.717) is 17.2 Å². The van der Waals surface area contributed by atoms with Gasteiger partial charge in [-0.3, -0.25) is 4.79 Å². The SMILES string of the molecule is COc1ccsc1C(=O)N1CCCC1C(C)(C)O. The molecule has 1 saturated heterocycles. The predicted molar refractivity (Wildman–Crippen MR) is 71.2 cm³/mol. The monoisotopic (exact) mass is 269 g/mol. The zero-order valence-corrected chi connectivity index (χ0v) is 11.8. The Balaban J connectivity index is 2.23. The molecule has 1 N–H and O–H groups in total. The van der Waals surface area contributed by atoms with E-state index in [0.717, 1.165) is 12.8 Å². The number of rotatable bonds is 3. The topological polar surface area (TPSA) is 49.8 Å². The molecule has 18 heavy (non-hydrogen) atoms. The third-order valence-corrected chi connectivity index (χ3v) is 4.26. The highest BCUT2D eigenvalue weighted by molar-refractivity contribution is 7.12. The highest BCUT2D eigenvalue weighted by atomic mass is 32.1. The van der Waals surface area contributed by atoms with Crippen LogP contribution < -0.4 is 4.74 Å². The Morgan fingerprint density at radius 3 is 2.94 bits per heavy atom. The lowest BCUT2D eigenvalue weighted by Gasteiger charge is -2.33. The number of ether oxygens (including phenoxy) is 1. The number of amides is 1. The number of thiophene rings is 1. The molecule has 1 aromatic heterocycles. The van der Waals surface area contributed by atoms with Gasteiger partial charge in [-0.1, -0.05) is 0 Å². The third kappa shape index (κ3) is 2.37. The van der Waals surface area contributed by atoms with Gasteiger partial charge in [0.05, 0.1) is 18.8 Å². The van der Waals surface area contributed by atoms with Crippen molar-refractivity contribution in [1.82, 2.24) is 4.90 Å². The van der Waals surface area contributed by atoms with Gasteiger partial charge in [0.15, 0.2) is 0 Å². The van der Waals surface area contributed by atoms with Crippen LogP contribution in [0.4, 0.5) is 0 Å². The molecule has 1 amide bonds. The Bertz CT molecular complexity index is 436. The minimum absolute atomic E-state index is 0.0357. The van der Waals surface area contributed by atoms with E-state index in [1.165, 1.54) is 11.3 Å². The lowest BCUT2D eigenvalue weighted by molar-refractivity contribution is 0.000420. The molecule has 1 fully saturated rings. The Kier molecular flexibility index (Phi) is 3.64. The number of carbonyl (C=O) groups is 1. The molecule has 1 aromatic rings. The van der Waals surface area contributed by atoms with E-state index in [-0.39, 0.29) is 11.9 Å². The molecule has 4 nitrogen and oxygen atoms in total. The Morgan fingerprint density at radius 2 is 2.33 bits per heavy atom. The molecule has 0 radical (unpaired) electrons. The van der Waals surface area contributed by atoms with Gasteiger partial charge >= 0.3 is 0 Å². The summed E-state index contributed by atoms with van der Waals surface area (Å²) in [5.41, 5.74) is -0.864. The molecule has 2 rings (SSSR count). The van der Waals surface area contributed by atoms with Crippen molar-refractivity contribution in [3.05, 3.63) is 16.3 Å². The minimum atomic E-state index is -0.864. The summed E-state index contributed by atoms with van der Waals surface area (Å²) >= 11 is 1.38. The largest absolute Gasteiger partial charge is 0.495 e. The maximum absolute atomic E-state index is 12.5. The summed E-state index contributed by atoms with van der Waals surface area (Å²) in [6.07, 6.45) is 1.79. The van der Waals surface area contributed by atoms with E-state index in [1.807, 2.05) is 5.38 Å². The van der Waals surface area contributed by atoms with Crippen LogP contribution in [0.2, 0.25) is 0 Å². The molecule has 1 unspecified atom stereocenters. The number of hydrogen-bond acceptors (Lipinski definition) is 4. The van der Waals surface area contributed by atoms with Crippen LogP contribution in [0, 0.1) is 0 Å². The fourth-order valence-corrected chi connectivity index (χ4v) is 3.30. The Labute approximate surface area is 111 Å². The van der Waals surface area contributed by atoms with E-state index in [4.69, 9.17) is 4.74 Å². The molecule has 1 atom stereocenters. The van der Waals surface area contributed by atoms with Crippen LogP contribution >= 0.6 is 11.3 Å². The molecule has 0 spiro atoms. The second-order valence-electron chi connectivity index (χ2n) is 5.13. The highest BCUT2D eigenvalue weighted by Crippen LogP contribution is 2.32. The van der Waals surface area contributed by atoms with E-state index in [9.17, 15) is 9.90 Å². The number of methoxy groups -OCH3 is 1. The first-order chi connectivity index (χ1) is 8.45. The Morgan fingerprint density at radius 1 is 1.61 bits per heavy atom. The second kappa shape index (κ2) is 4.90. The number of carbonyl (C=O) groups excluding carboxylic acids is 1. The summed E-state index contributed by atoms with van der Waals surface area (Å²) in [5.74, 6) is 0.581. The molecule has 0 saturated carbocycles. The van der Waals surface area contributed by atoms with Crippen molar-refractivity contribution in [2.75, 3.05) is 13.7 Å². The van der Waals surface area contributed by atoms with Gasteiger partial charge in [-0.15, -0.1) is 11.3 Å². The van der Waals surface area contributed by atoms with Crippen molar-refractivity contribution in [3.63, 3.8) is 0 Å². The zero-order valence-electron chi connectivity index (χ0n) is 11.0. The van der Waals surface area contributed by atoms with Gasteiger partial charge in [0.25, 0.3) is 5.91 Å². The van der Waals surface area contributed by atoms with Gasteiger partial charge in [0.2, 0.25) is 0 Å². The van der Waals surface area contributed by atoms with Crippen molar-refractivity contribution >= 4 is 17.2 Å².